The van der Waals surface area contributed by atoms with Crippen molar-refractivity contribution < 1.29 is 15.9 Å². The highest BCUT2D eigenvalue weighted by atomic mass is 16.4. The number of rotatable bonds is 0. The minimum absolute atomic E-state index is 0. The first kappa shape index (κ1) is 12.5. The Hall–Kier alpha value is -2.54. The van der Waals surface area contributed by atoms with Crippen LogP contribution in [0.4, 0.5) is 0 Å². The van der Waals surface area contributed by atoms with Crippen LogP contribution in [0, 0.1) is 0 Å². The Morgan fingerprint density at radius 2 is 1.35 bits per heavy atom. The van der Waals surface area contributed by atoms with Crippen LogP contribution in [0.15, 0.2) is 44.2 Å². The molecule has 0 aromatic heterocycles. The van der Waals surface area contributed by atoms with Crippen LogP contribution in [0.1, 0.15) is 0 Å². The molecule has 0 aliphatic heterocycles. The van der Waals surface area contributed by atoms with Gasteiger partial charge in [0.05, 0.1) is 0 Å². The van der Waals surface area contributed by atoms with Crippen molar-refractivity contribution in [3.63, 3.8) is 0 Å². The maximum atomic E-state index is 11.7. The molecule has 17 heavy (non-hydrogen) atoms. The van der Waals surface area contributed by atoms with Crippen LogP contribution >= 0.6 is 0 Å². The number of fused-ring (bicyclic) bond motifs is 1. The summed E-state index contributed by atoms with van der Waals surface area (Å²) in [5.41, 5.74) is -1.58. The van der Waals surface area contributed by atoms with Gasteiger partial charge in [-0.1, -0.05) is 34.6 Å². The molecule has 0 radical (unpaired) electrons. The van der Waals surface area contributed by atoms with Gasteiger partial charge in [-0.25, -0.2) is 0 Å². The number of benzene rings is 2. The number of hydrogen-bond donors (Lipinski definition) is 2. The Morgan fingerprint density at radius 1 is 0.824 bits per heavy atom. The van der Waals surface area contributed by atoms with Gasteiger partial charge in [0.1, 0.15) is 0 Å². The Morgan fingerprint density at radius 3 is 1.88 bits per heavy atom. The zero-order valence-corrected chi connectivity index (χ0v) is 8.41. The van der Waals surface area contributed by atoms with Crippen molar-refractivity contribution in [3.05, 3.63) is 55.4 Å². The van der Waals surface area contributed by atoms with Gasteiger partial charge >= 0.3 is 0 Å². The Balaban J connectivity index is 0.00000144. The Kier molecular flexibility index (Phi) is 3.34. The molecule has 7 heteroatoms. The first-order valence-electron chi connectivity index (χ1n) is 4.33. The summed E-state index contributed by atoms with van der Waals surface area (Å²) in [5.74, 6) is 0. The molecule has 2 aromatic rings. The molecule has 0 heterocycles. The zero-order valence-electron chi connectivity index (χ0n) is 8.41. The van der Waals surface area contributed by atoms with Crippen LogP contribution in [-0.2, 0) is 0 Å². The molecule has 2 rings (SSSR count). The Labute approximate surface area is 93.2 Å². The van der Waals surface area contributed by atoms with Crippen LogP contribution in [-0.4, -0.2) is 15.9 Å². The normalized spacial score (nSPS) is 12.7. The molecule has 0 unspecified atom stereocenters. The topological polar surface area (TPSA) is 131 Å². The van der Waals surface area contributed by atoms with Crippen LogP contribution < -0.4 is 21.6 Å². The lowest BCUT2D eigenvalue weighted by atomic mass is 10.1. The van der Waals surface area contributed by atoms with Gasteiger partial charge in [-0.05, 0) is 0 Å². The molecule has 0 fully saturated rings. The summed E-state index contributed by atoms with van der Waals surface area (Å²) >= 11 is 0. The van der Waals surface area contributed by atoms with Gasteiger partial charge in [0, 0.05) is 10.8 Å². The summed E-state index contributed by atoms with van der Waals surface area (Å²) in [4.78, 5) is 23.2. The first-order valence-corrected chi connectivity index (χ1v) is 4.33. The van der Waals surface area contributed by atoms with Gasteiger partial charge in [0.25, 0.3) is 0 Å². The summed E-state index contributed by atoms with van der Waals surface area (Å²) < 4.78 is 0. The van der Waals surface area contributed by atoms with E-state index in [1.807, 2.05) is 0 Å². The second-order valence-corrected chi connectivity index (χ2v) is 3.10. The van der Waals surface area contributed by atoms with Gasteiger partial charge < -0.3 is 15.9 Å². The minimum atomic E-state index is -0.895. The first-order chi connectivity index (χ1) is 7.70. The van der Waals surface area contributed by atoms with Crippen molar-refractivity contribution in [1.82, 2.24) is 0 Å². The maximum Gasteiger partial charge on any atom is 0.241 e. The summed E-state index contributed by atoms with van der Waals surface area (Å²) in [6.45, 7) is 0. The van der Waals surface area contributed by atoms with E-state index in [0.717, 1.165) is 0 Å². The fraction of sp³-hybridized carbons (Fsp3) is 0. The van der Waals surface area contributed by atoms with E-state index in [-0.39, 0.29) is 21.6 Å². The van der Waals surface area contributed by atoms with E-state index >= 15 is 0 Å². The van der Waals surface area contributed by atoms with Crippen molar-refractivity contribution in [2.75, 3.05) is 0 Å². The van der Waals surface area contributed by atoms with E-state index in [1.54, 1.807) is 12.1 Å². The van der Waals surface area contributed by atoms with Crippen molar-refractivity contribution >= 4 is 10.8 Å². The smallest absolute Gasteiger partial charge is 0.241 e. The third-order valence-corrected chi connectivity index (χ3v) is 2.27. The van der Waals surface area contributed by atoms with E-state index in [9.17, 15) is 9.59 Å². The number of hydrogen-bond acceptors (Lipinski definition) is 6. The highest BCUT2D eigenvalue weighted by Gasteiger charge is 2.09. The predicted molar refractivity (Wildman–Crippen MR) is 57.2 cm³/mol. The summed E-state index contributed by atoms with van der Waals surface area (Å²) in [7, 11) is 0. The lowest BCUT2D eigenvalue weighted by Crippen LogP contribution is -2.48. The van der Waals surface area contributed by atoms with Crippen molar-refractivity contribution in [3.8, 4) is 0 Å². The van der Waals surface area contributed by atoms with Crippen molar-refractivity contribution in [2.24, 2.45) is 10.3 Å². The quantitative estimate of drug-likeness (QED) is 0.412. The average Bonchev–Trinajstić information content (AvgIpc) is 2.30. The molecule has 0 spiro atoms. The Bertz CT molecular complexity index is 772. The summed E-state index contributed by atoms with van der Waals surface area (Å²) in [6.07, 6.45) is 0. The molecule has 0 aliphatic rings. The fourth-order valence-corrected chi connectivity index (χ4v) is 1.54. The second kappa shape index (κ2) is 4.54. The second-order valence-electron chi connectivity index (χ2n) is 3.10. The molecular weight excluding hydrogens is 228 g/mol. The number of nitrogens with zero attached hydrogens (tertiary/aromatic N) is 2. The van der Waals surface area contributed by atoms with Crippen LogP contribution in [0.2, 0.25) is 0 Å². The predicted octanol–water partition coefficient (Wildman–Crippen LogP) is -1.81. The highest BCUT2D eigenvalue weighted by molar-refractivity contribution is 5.81. The van der Waals surface area contributed by atoms with Gasteiger partial charge in [0.2, 0.25) is 10.9 Å². The molecule has 0 amide bonds. The minimum Gasteiger partial charge on any atom is -0.412 e. The largest absolute Gasteiger partial charge is 0.412 e. The molecule has 4 N–H and O–H groups in total. The molecule has 0 atom stereocenters. The molecule has 2 aromatic carbocycles. The molecular formula is C10H8N2O5. The molecule has 0 aliphatic carbocycles. The lowest BCUT2D eigenvalue weighted by Gasteiger charge is -1.94. The molecule has 7 nitrogen and oxygen atoms in total. The summed E-state index contributed by atoms with van der Waals surface area (Å²) in [5, 5.41) is 22.2. The van der Waals surface area contributed by atoms with E-state index in [0.29, 0.717) is 0 Å². The van der Waals surface area contributed by atoms with Crippen LogP contribution in [0.3, 0.4) is 0 Å². The molecule has 0 saturated heterocycles. The van der Waals surface area contributed by atoms with E-state index in [4.69, 9.17) is 10.4 Å². The fourth-order valence-electron chi connectivity index (χ4n) is 1.54. The molecule has 0 bridgehead atoms. The standard InChI is InChI=1S/C10H6N2O4.H2O/c13-9-6-4-2-1-3-5(6)7(11-15)10(14)8(9)12-16;/h1-4,15-16H;1H2/b11-7-,12-8-;. The van der Waals surface area contributed by atoms with Crippen LogP contribution in [0.25, 0.3) is 10.8 Å². The monoisotopic (exact) mass is 236 g/mol. The lowest BCUT2D eigenvalue weighted by molar-refractivity contribution is 0.296. The van der Waals surface area contributed by atoms with Gasteiger partial charge in [-0.15, -0.1) is 0 Å². The van der Waals surface area contributed by atoms with Crippen molar-refractivity contribution in [2.45, 2.75) is 0 Å². The maximum absolute atomic E-state index is 11.7. The van der Waals surface area contributed by atoms with E-state index in [1.165, 1.54) is 12.1 Å². The van der Waals surface area contributed by atoms with E-state index < -0.39 is 16.2 Å². The van der Waals surface area contributed by atoms with Crippen molar-refractivity contribution in [1.29, 1.82) is 0 Å². The average molecular weight is 236 g/mol. The molecule has 88 valence electrons. The van der Waals surface area contributed by atoms with Crippen LogP contribution in [0.5, 0.6) is 0 Å². The molecule has 0 saturated carbocycles. The summed E-state index contributed by atoms with van der Waals surface area (Å²) in [6, 6.07) is 6.14. The zero-order chi connectivity index (χ0) is 11.7. The van der Waals surface area contributed by atoms with Gasteiger partial charge in [-0.3, -0.25) is 9.59 Å². The highest BCUT2D eigenvalue weighted by Crippen LogP contribution is 2.00. The third-order valence-electron chi connectivity index (χ3n) is 2.27. The SMILES string of the molecule is O.O=c1/c(=N\O)c(=O)c2ccccc2/c1=N/O. The van der Waals surface area contributed by atoms with Gasteiger partial charge in [0.15, 0.2) is 10.7 Å². The third kappa shape index (κ3) is 1.68. The van der Waals surface area contributed by atoms with E-state index in [2.05, 4.69) is 10.3 Å². The van der Waals surface area contributed by atoms with Gasteiger partial charge in [-0.2, -0.15) is 0 Å².